The molecular weight excluding hydrogens is 606 g/mol. The van der Waals surface area contributed by atoms with E-state index in [0.717, 1.165) is 14.9 Å². The maximum atomic E-state index is 13.3. The van der Waals surface area contributed by atoms with E-state index < -0.39 is 17.8 Å². The van der Waals surface area contributed by atoms with Crippen molar-refractivity contribution in [3.8, 4) is 0 Å². The fourth-order valence-corrected chi connectivity index (χ4v) is 4.59. The molecule has 4 aromatic rings. The zero-order valence-electron chi connectivity index (χ0n) is 21.5. The van der Waals surface area contributed by atoms with E-state index in [1.54, 1.807) is 54.6 Å². The third kappa shape index (κ3) is 8.92. The number of hydrogen-bond donors (Lipinski definition) is 4. The summed E-state index contributed by atoms with van der Waals surface area (Å²) in [5.74, 6) is -2.14. The summed E-state index contributed by atoms with van der Waals surface area (Å²) in [6.07, 6.45) is 1.59. The highest BCUT2D eigenvalue weighted by atomic mass is 79.9. The summed E-state index contributed by atoms with van der Waals surface area (Å²) in [5.41, 5.74) is 2.30. The van der Waals surface area contributed by atoms with Crippen molar-refractivity contribution in [2.45, 2.75) is 4.90 Å². The number of benzene rings is 4. The Morgan fingerprint density at radius 1 is 0.756 bits per heavy atom. The average molecular weight is 631 g/mol. The molecule has 4 rings (SSSR count). The van der Waals surface area contributed by atoms with Crippen molar-refractivity contribution in [3.05, 3.63) is 130 Å². The molecule has 0 saturated heterocycles. The molecule has 10 heteroatoms. The average Bonchev–Trinajstić information content (AvgIpc) is 2.97. The molecule has 0 spiro atoms. The van der Waals surface area contributed by atoms with Crippen LogP contribution in [0.2, 0.25) is 0 Å². The number of aromatic carboxylic acids is 1. The van der Waals surface area contributed by atoms with Gasteiger partial charge in [0.2, 0.25) is 5.91 Å². The van der Waals surface area contributed by atoms with Gasteiger partial charge in [0, 0.05) is 26.3 Å². The fourth-order valence-electron chi connectivity index (χ4n) is 3.57. The normalized spacial score (nSPS) is 10.9. The maximum absolute atomic E-state index is 13.3. The van der Waals surface area contributed by atoms with Crippen LogP contribution in [-0.2, 0) is 9.59 Å². The van der Waals surface area contributed by atoms with Crippen LogP contribution >= 0.6 is 27.7 Å². The van der Waals surface area contributed by atoms with Crippen molar-refractivity contribution >= 4 is 68.8 Å². The molecule has 0 saturated carbocycles. The highest BCUT2D eigenvalue weighted by Crippen LogP contribution is 2.23. The highest BCUT2D eigenvalue weighted by Gasteiger charge is 2.15. The Labute approximate surface area is 249 Å². The second-order valence-corrected chi connectivity index (χ2v) is 10.6. The molecule has 206 valence electrons. The van der Waals surface area contributed by atoms with E-state index in [2.05, 4.69) is 31.9 Å². The Hall–Kier alpha value is -4.67. The molecular formula is C31H24BrN3O5S. The van der Waals surface area contributed by atoms with Crippen molar-refractivity contribution in [2.75, 3.05) is 16.4 Å². The van der Waals surface area contributed by atoms with Gasteiger partial charge in [-0.1, -0.05) is 52.3 Å². The van der Waals surface area contributed by atoms with Crippen LogP contribution in [0.25, 0.3) is 6.08 Å². The number of nitrogens with one attached hydrogen (secondary N) is 3. The lowest BCUT2D eigenvalue weighted by Gasteiger charge is -2.12. The lowest BCUT2D eigenvalue weighted by Crippen LogP contribution is -2.30. The van der Waals surface area contributed by atoms with Gasteiger partial charge in [-0.15, -0.1) is 11.8 Å². The first-order valence-electron chi connectivity index (χ1n) is 12.3. The van der Waals surface area contributed by atoms with E-state index in [1.807, 2.05) is 30.3 Å². The van der Waals surface area contributed by atoms with Gasteiger partial charge in [0.15, 0.2) is 0 Å². The monoisotopic (exact) mass is 629 g/mol. The van der Waals surface area contributed by atoms with Gasteiger partial charge in [-0.3, -0.25) is 14.4 Å². The zero-order valence-corrected chi connectivity index (χ0v) is 23.9. The van der Waals surface area contributed by atoms with Crippen LogP contribution in [0.1, 0.15) is 26.3 Å². The van der Waals surface area contributed by atoms with E-state index in [-0.39, 0.29) is 22.9 Å². The van der Waals surface area contributed by atoms with Gasteiger partial charge in [-0.25, -0.2) is 4.79 Å². The Morgan fingerprint density at radius 2 is 1.46 bits per heavy atom. The Kier molecular flexibility index (Phi) is 10.1. The number of thioether (sulfide) groups is 1. The molecule has 0 aliphatic heterocycles. The van der Waals surface area contributed by atoms with E-state index >= 15 is 0 Å². The first-order valence-corrected chi connectivity index (χ1v) is 14.1. The Morgan fingerprint density at radius 3 is 2.15 bits per heavy atom. The first-order chi connectivity index (χ1) is 19.8. The highest BCUT2D eigenvalue weighted by molar-refractivity contribution is 9.10. The summed E-state index contributed by atoms with van der Waals surface area (Å²) in [6.45, 7) is 0. The Balaban J connectivity index is 1.42. The van der Waals surface area contributed by atoms with E-state index in [1.165, 1.54) is 36.0 Å². The molecule has 0 aromatic heterocycles. The molecule has 4 aromatic carbocycles. The summed E-state index contributed by atoms with van der Waals surface area (Å²) in [7, 11) is 0. The van der Waals surface area contributed by atoms with E-state index in [0.29, 0.717) is 16.9 Å². The molecule has 0 fully saturated rings. The predicted octanol–water partition coefficient (Wildman–Crippen LogP) is 6.29. The smallest absolute Gasteiger partial charge is 0.335 e. The minimum absolute atomic E-state index is 0.0625. The molecule has 3 amide bonds. The van der Waals surface area contributed by atoms with Crippen molar-refractivity contribution in [1.82, 2.24) is 5.32 Å². The summed E-state index contributed by atoms with van der Waals surface area (Å²) >= 11 is 4.66. The number of amides is 3. The number of hydrogen-bond acceptors (Lipinski definition) is 5. The fraction of sp³-hybridized carbons (Fsp3) is 0.0323. The van der Waals surface area contributed by atoms with Crippen LogP contribution in [-0.4, -0.2) is 34.6 Å². The number of carboxylic acid groups (broad SMARTS) is 1. The SMILES string of the molecule is O=C(CSc1cccc(NC(=O)/C(=C/c2ccc(Br)cc2)NC(=O)c2ccccc2)c1)Nc1ccc(C(=O)O)cc1. The quantitative estimate of drug-likeness (QED) is 0.121. The zero-order chi connectivity index (χ0) is 29.2. The minimum atomic E-state index is -1.04. The van der Waals surface area contributed by atoms with Gasteiger partial charge in [0.25, 0.3) is 11.8 Å². The topological polar surface area (TPSA) is 125 Å². The maximum Gasteiger partial charge on any atom is 0.335 e. The lowest BCUT2D eigenvalue weighted by molar-refractivity contribution is -0.114. The standard InChI is InChI=1S/C31H24BrN3O5S/c32-23-13-9-20(10-14-23)17-27(35-29(37)21-5-2-1-3-6-21)30(38)34-25-7-4-8-26(18-25)41-19-28(36)33-24-15-11-22(12-16-24)31(39)40/h1-18H,19H2,(H,33,36)(H,34,38)(H,35,37)(H,39,40)/b27-17-. The molecule has 0 radical (unpaired) electrons. The number of halogens is 1. The van der Waals surface area contributed by atoms with Gasteiger partial charge in [-0.2, -0.15) is 0 Å². The molecule has 4 N–H and O–H groups in total. The third-order valence-corrected chi connectivity index (χ3v) is 7.11. The van der Waals surface area contributed by atoms with Gasteiger partial charge in [-0.05, 0) is 78.4 Å². The van der Waals surface area contributed by atoms with E-state index in [9.17, 15) is 19.2 Å². The van der Waals surface area contributed by atoms with Gasteiger partial charge >= 0.3 is 5.97 Å². The van der Waals surface area contributed by atoms with Gasteiger partial charge in [0.05, 0.1) is 11.3 Å². The second-order valence-electron chi connectivity index (χ2n) is 8.63. The molecule has 0 unspecified atom stereocenters. The van der Waals surface area contributed by atoms with Gasteiger partial charge in [0.1, 0.15) is 5.70 Å². The molecule has 0 aliphatic carbocycles. The molecule has 8 nitrogen and oxygen atoms in total. The molecule has 41 heavy (non-hydrogen) atoms. The first kappa shape index (κ1) is 29.3. The van der Waals surface area contributed by atoms with Crippen molar-refractivity contribution in [2.24, 2.45) is 0 Å². The molecule has 0 atom stereocenters. The largest absolute Gasteiger partial charge is 0.478 e. The van der Waals surface area contributed by atoms with Crippen molar-refractivity contribution in [3.63, 3.8) is 0 Å². The van der Waals surface area contributed by atoms with Crippen LogP contribution in [0.5, 0.6) is 0 Å². The Bertz CT molecular complexity index is 1590. The molecule has 0 heterocycles. The second kappa shape index (κ2) is 14.1. The third-order valence-electron chi connectivity index (χ3n) is 5.59. The van der Waals surface area contributed by atoms with Crippen LogP contribution in [0.3, 0.4) is 0 Å². The van der Waals surface area contributed by atoms with Gasteiger partial charge < -0.3 is 21.1 Å². The van der Waals surface area contributed by atoms with Crippen LogP contribution in [0.4, 0.5) is 11.4 Å². The van der Waals surface area contributed by atoms with Crippen LogP contribution in [0, 0.1) is 0 Å². The lowest BCUT2D eigenvalue weighted by atomic mass is 10.1. The number of carbonyl (C=O) groups is 4. The van der Waals surface area contributed by atoms with Crippen molar-refractivity contribution < 1.29 is 24.3 Å². The van der Waals surface area contributed by atoms with Crippen LogP contribution < -0.4 is 16.0 Å². The summed E-state index contributed by atoms with van der Waals surface area (Å²) in [4.78, 5) is 50.2. The van der Waals surface area contributed by atoms with Crippen molar-refractivity contribution in [1.29, 1.82) is 0 Å². The van der Waals surface area contributed by atoms with E-state index in [4.69, 9.17) is 5.11 Å². The number of carbonyl (C=O) groups excluding carboxylic acids is 3. The predicted molar refractivity (Wildman–Crippen MR) is 164 cm³/mol. The molecule has 0 bridgehead atoms. The minimum Gasteiger partial charge on any atom is -0.478 e. The molecule has 0 aliphatic rings. The summed E-state index contributed by atoms with van der Waals surface area (Å²) < 4.78 is 0.882. The number of carboxylic acids is 1. The summed E-state index contributed by atoms with van der Waals surface area (Å²) in [6, 6.07) is 28.8. The van der Waals surface area contributed by atoms with Crippen LogP contribution in [0.15, 0.2) is 118 Å². The summed E-state index contributed by atoms with van der Waals surface area (Å²) in [5, 5.41) is 17.3. The number of anilines is 2. The number of rotatable bonds is 10.